The summed E-state index contributed by atoms with van der Waals surface area (Å²) in [5, 5.41) is 6.83. The molecule has 21 heavy (non-hydrogen) atoms. The highest BCUT2D eigenvalue weighted by atomic mass is 16.2. The largest absolute Gasteiger partial charge is 0.354 e. The van der Waals surface area contributed by atoms with Gasteiger partial charge in [0.2, 0.25) is 11.8 Å². The van der Waals surface area contributed by atoms with Crippen molar-refractivity contribution in [2.24, 2.45) is 0 Å². The van der Waals surface area contributed by atoms with Gasteiger partial charge in [0.25, 0.3) is 0 Å². The molecule has 7 heteroatoms. The normalized spacial score (nSPS) is 17.4. The minimum absolute atomic E-state index is 0.0808. The molecule has 2 rings (SSSR count). The molecule has 1 aliphatic rings. The molecule has 0 saturated carbocycles. The highest BCUT2D eigenvalue weighted by Crippen LogP contribution is 2.11. The third-order valence-electron chi connectivity index (χ3n) is 3.79. The molecule has 1 aromatic rings. The summed E-state index contributed by atoms with van der Waals surface area (Å²) in [5.41, 5.74) is 0. The predicted octanol–water partition coefficient (Wildman–Crippen LogP) is 0.748. The van der Waals surface area contributed by atoms with Gasteiger partial charge in [0.05, 0.1) is 0 Å². The molecule has 116 valence electrons. The first-order valence-corrected chi connectivity index (χ1v) is 7.58. The predicted molar refractivity (Wildman–Crippen MR) is 77.4 cm³/mol. The second kappa shape index (κ2) is 7.75. The molecule has 7 nitrogen and oxygen atoms in total. The minimum atomic E-state index is -0.368. The molecule has 2 heterocycles. The average molecular weight is 293 g/mol. The maximum absolute atomic E-state index is 11.9. The number of rotatable bonds is 6. The first-order valence-electron chi connectivity index (χ1n) is 7.58. The molecule has 1 aliphatic heterocycles. The molecule has 1 aromatic heterocycles. The van der Waals surface area contributed by atoms with Crippen molar-refractivity contribution in [2.45, 2.75) is 45.1 Å². The Morgan fingerprint density at radius 3 is 3.05 bits per heavy atom. The minimum Gasteiger partial charge on any atom is -0.354 e. The lowest BCUT2D eigenvalue weighted by Gasteiger charge is -2.20. The summed E-state index contributed by atoms with van der Waals surface area (Å²) in [7, 11) is 0. The second-order valence-corrected chi connectivity index (χ2v) is 5.39. The summed E-state index contributed by atoms with van der Waals surface area (Å²) in [6.45, 7) is 3.92. The highest BCUT2D eigenvalue weighted by molar-refractivity contribution is 5.79. The number of nitrogens with one attached hydrogen (secondary N) is 1. The van der Waals surface area contributed by atoms with Gasteiger partial charge in [0, 0.05) is 26.1 Å². The van der Waals surface area contributed by atoms with E-state index >= 15 is 0 Å². The zero-order valence-corrected chi connectivity index (χ0v) is 12.5. The van der Waals surface area contributed by atoms with E-state index in [0.29, 0.717) is 13.0 Å². The smallest absolute Gasteiger partial charge is 0.244 e. The number of hydrogen-bond donors (Lipinski definition) is 1. The van der Waals surface area contributed by atoms with E-state index in [4.69, 9.17) is 0 Å². The molecule has 0 aliphatic carbocycles. The second-order valence-electron chi connectivity index (χ2n) is 5.39. The lowest BCUT2D eigenvalue weighted by Crippen LogP contribution is -2.35. The van der Waals surface area contributed by atoms with Gasteiger partial charge in [-0.2, -0.15) is 5.10 Å². The Kier molecular flexibility index (Phi) is 5.71. The first kappa shape index (κ1) is 15.5. The van der Waals surface area contributed by atoms with Crippen LogP contribution in [-0.4, -0.2) is 51.1 Å². The molecular formula is C14H23N5O2. The lowest BCUT2D eigenvalue weighted by molar-refractivity contribution is -0.130. The quantitative estimate of drug-likeness (QED) is 0.785. The first-order chi connectivity index (χ1) is 10.2. The fraction of sp³-hybridized carbons (Fsp3) is 0.714. The van der Waals surface area contributed by atoms with Crippen LogP contribution in [0.3, 0.4) is 0 Å². The number of carbonyl (C=O) groups excluding carboxylic acids is 2. The van der Waals surface area contributed by atoms with Crippen LogP contribution >= 0.6 is 0 Å². The Morgan fingerprint density at radius 2 is 2.29 bits per heavy atom. The third kappa shape index (κ3) is 4.54. The summed E-state index contributed by atoms with van der Waals surface area (Å²) in [5.74, 6) is 0.164. The van der Waals surface area contributed by atoms with Crippen molar-refractivity contribution >= 4 is 11.8 Å². The van der Waals surface area contributed by atoms with Crippen molar-refractivity contribution in [3.05, 3.63) is 12.7 Å². The van der Waals surface area contributed by atoms with E-state index in [0.717, 1.165) is 38.8 Å². The van der Waals surface area contributed by atoms with Gasteiger partial charge >= 0.3 is 0 Å². The van der Waals surface area contributed by atoms with Crippen LogP contribution in [0.15, 0.2) is 12.7 Å². The van der Waals surface area contributed by atoms with Crippen molar-refractivity contribution in [2.75, 3.05) is 19.6 Å². The Bertz CT molecular complexity index is 460. The van der Waals surface area contributed by atoms with Crippen LogP contribution < -0.4 is 5.32 Å². The van der Waals surface area contributed by atoms with Crippen molar-refractivity contribution < 1.29 is 9.59 Å². The maximum Gasteiger partial charge on any atom is 0.244 e. The van der Waals surface area contributed by atoms with Crippen LogP contribution in [0.2, 0.25) is 0 Å². The fourth-order valence-corrected chi connectivity index (χ4v) is 2.44. The van der Waals surface area contributed by atoms with Crippen molar-refractivity contribution in [3.8, 4) is 0 Å². The number of aromatic nitrogens is 3. The molecule has 0 radical (unpaired) electrons. The van der Waals surface area contributed by atoms with Crippen LogP contribution in [0.25, 0.3) is 0 Å². The molecule has 0 bridgehead atoms. The van der Waals surface area contributed by atoms with Gasteiger partial charge in [-0.05, 0) is 26.2 Å². The summed E-state index contributed by atoms with van der Waals surface area (Å²) in [6, 6.07) is -0.368. The Morgan fingerprint density at radius 1 is 1.43 bits per heavy atom. The number of likely N-dealkylation sites (tertiary alicyclic amines) is 1. The Labute approximate surface area is 124 Å². The maximum atomic E-state index is 11.9. The van der Waals surface area contributed by atoms with E-state index in [2.05, 4.69) is 15.4 Å². The van der Waals surface area contributed by atoms with E-state index in [1.807, 2.05) is 4.90 Å². The molecular weight excluding hydrogens is 270 g/mol. The van der Waals surface area contributed by atoms with Gasteiger partial charge in [-0.1, -0.05) is 6.42 Å². The number of amides is 2. The van der Waals surface area contributed by atoms with E-state index in [9.17, 15) is 9.59 Å². The summed E-state index contributed by atoms with van der Waals surface area (Å²) in [6.07, 6.45) is 7.60. The van der Waals surface area contributed by atoms with Crippen molar-refractivity contribution in [1.29, 1.82) is 0 Å². The monoisotopic (exact) mass is 293 g/mol. The summed E-state index contributed by atoms with van der Waals surface area (Å²) < 4.78 is 1.52. The van der Waals surface area contributed by atoms with Gasteiger partial charge in [-0.15, -0.1) is 0 Å². The van der Waals surface area contributed by atoms with Gasteiger partial charge in [-0.3, -0.25) is 9.59 Å². The lowest BCUT2D eigenvalue weighted by atomic mass is 10.2. The van der Waals surface area contributed by atoms with Gasteiger partial charge < -0.3 is 10.2 Å². The molecule has 0 spiro atoms. The Balaban J connectivity index is 1.67. The van der Waals surface area contributed by atoms with Gasteiger partial charge in [0.1, 0.15) is 18.7 Å². The topological polar surface area (TPSA) is 80.1 Å². The van der Waals surface area contributed by atoms with Crippen LogP contribution in [0.5, 0.6) is 0 Å². The van der Waals surface area contributed by atoms with Crippen LogP contribution in [0, 0.1) is 0 Å². The number of carbonyl (C=O) groups is 2. The molecule has 1 N–H and O–H groups in total. The van der Waals surface area contributed by atoms with Crippen LogP contribution in [-0.2, 0) is 9.59 Å². The number of nitrogens with zero attached hydrogens (tertiary/aromatic N) is 4. The highest BCUT2D eigenvalue weighted by Gasteiger charge is 2.17. The average Bonchev–Trinajstić information content (AvgIpc) is 2.94. The van der Waals surface area contributed by atoms with E-state index in [1.54, 1.807) is 6.92 Å². The van der Waals surface area contributed by atoms with Crippen molar-refractivity contribution in [3.63, 3.8) is 0 Å². The standard InChI is InChI=1S/C14H23N5O2/c1-12(19-11-15-10-17-19)14(21)16-7-5-9-18-8-4-2-3-6-13(18)20/h10-12H,2-9H2,1H3,(H,16,21). The molecule has 1 atom stereocenters. The number of hydrogen-bond acceptors (Lipinski definition) is 4. The van der Waals surface area contributed by atoms with Gasteiger partial charge in [-0.25, -0.2) is 9.67 Å². The van der Waals surface area contributed by atoms with E-state index < -0.39 is 0 Å². The fourth-order valence-electron chi connectivity index (χ4n) is 2.44. The zero-order chi connectivity index (χ0) is 15.1. The van der Waals surface area contributed by atoms with E-state index in [-0.39, 0.29) is 17.9 Å². The molecule has 1 unspecified atom stereocenters. The molecule has 0 aromatic carbocycles. The van der Waals surface area contributed by atoms with Gasteiger partial charge in [0.15, 0.2) is 0 Å². The van der Waals surface area contributed by atoms with Crippen LogP contribution in [0.1, 0.15) is 45.1 Å². The zero-order valence-electron chi connectivity index (χ0n) is 12.5. The summed E-state index contributed by atoms with van der Waals surface area (Å²) >= 11 is 0. The molecule has 2 amide bonds. The molecule has 1 saturated heterocycles. The van der Waals surface area contributed by atoms with Crippen LogP contribution in [0.4, 0.5) is 0 Å². The SMILES string of the molecule is CC(C(=O)NCCCN1CCCCCC1=O)n1cncn1. The van der Waals surface area contributed by atoms with Crippen molar-refractivity contribution in [1.82, 2.24) is 25.0 Å². The summed E-state index contributed by atoms with van der Waals surface area (Å²) in [4.78, 5) is 29.5. The Hall–Kier alpha value is -1.92. The van der Waals surface area contributed by atoms with E-state index in [1.165, 1.54) is 17.3 Å². The third-order valence-corrected chi connectivity index (χ3v) is 3.79. The molecule has 1 fully saturated rings.